The van der Waals surface area contributed by atoms with Crippen molar-refractivity contribution < 1.29 is 33.5 Å². The molecule has 15 heteroatoms. The van der Waals surface area contributed by atoms with Gasteiger partial charge < -0.3 is 30.3 Å². The van der Waals surface area contributed by atoms with E-state index in [1.54, 1.807) is 20.8 Å². The molecule has 3 aromatic rings. The van der Waals surface area contributed by atoms with Gasteiger partial charge in [-0.2, -0.15) is 9.36 Å². The molecule has 0 spiro atoms. The number of thioether (sulfide) groups is 1. The quantitative estimate of drug-likeness (QED) is 0.100. The number of oxime groups is 1. The summed E-state index contributed by atoms with van der Waals surface area (Å²) in [7, 11) is 0. The Hall–Kier alpha value is -4.76. The molecule has 1 aromatic heterocycles. The summed E-state index contributed by atoms with van der Waals surface area (Å²) in [6.07, 6.45) is 0.864. The highest BCUT2D eigenvalue weighted by Crippen LogP contribution is 2.44. The fourth-order valence-electron chi connectivity index (χ4n) is 4.98. The molecule has 0 radical (unpaired) electrons. The normalized spacial score (nSPS) is 20.9. The van der Waals surface area contributed by atoms with Crippen molar-refractivity contribution in [3.8, 4) is 0 Å². The Balaban J connectivity index is 1.27. The summed E-state index contributed by atoms with van der Waals surface area (Å²) in [4.78, 5) is 63.2. The van der Waals surface area contributed by atoms with Gasteiger partial charge in [0.1, 0.15) is 22.4 Å². The molecular weight excluding hydrogens is 645 g/mol. The van der Waals surface area contributed by atoms with Gasteiger partial charge in [-0.15, -0.1) is 18.3 Å². The molecule has 0 aliphatic carbocycles. The van der Waals surface area contributed by atoms with Crippen molar-refractivity contribution in [2.24, 2.45) is 10.6 Å². The van der Waals surface area contributed by atoms with Gasteiger partial charge in [0.15, 0.2) is 11.2 Å². The van der Waals surface area contributed by atoms with Crippen LogP contribution in [0, 0.1) is 5.41 Å². The Morgan fingerprint density at radius 3 is 2.34 bits per heavy atom. The topological polar surface area (TPSA) is 175 Å². The number of hydrogen-bond donors (Lipinski definition) is 2. The smallest absolute Gasteiger partial charge is 0.347 e. The first-order chi connectivity index (χ1) is 22.4. The van der Waals surface area contributed by atoms with Gasteiger partial charge in [-0.1, -0.05) is 71.9 Å². The number of hydrogen-bond acceptors (Lipinski definition) is 13. The summed E-state index contributed by atoms with van der Waals surface area (Å²) in [5, 5.41) is 6.05. The molecule has 2 aromatic carbocycles. The highest BCUT2D eigenvalue weighted by Gasteiger charge is 2.57. The van der Waals surface area contributed by atoms with Crippen LogP contribution in [0.4, 0.5) is 5.13 Å². The van der Waals surface area contributed by atoms with E-state index in [1.807, 2.05) is 60.7 Å². The Labute approximate surface area is 279 Å². The third-order valence-corrected chi connectivity index (χ3v) is 9.34. The van der Waals surface area contributed by atoms with E-state index in [1.165, 1.54) is 22.7 Å². The molecule has 2 unspecified atom stereocenters. The van der Waals surface area contributed by atoms with Gasteiger partial charge in [-0.3, -0.25) is 14.4 Å². The minimum Gasteiger partial charge on any atom is -0.457 e. The van der Waals surface area contributed by atoms with Gasteiger partial charge in [-0.25, -0.2) is 4.79 Å². The molecule has 0 bridgehead atoms. The first-order valence-corrected chi connectivity index (χ1v) is 16.4. The second kappa shape index (κ2) is 13.9. The number of carbonyl (C=O) groups excluding carboxylic acids is 4. The van der Waals surface area contributed by atoms with Crippen LogP contribution in [0.25, 0.3) is 0 Å². The van der Waals surface area contributed by atoms with Crippen LogP contribution < -0.4 is 11.1 Å². The maximum Gasteiger partial charge on any atom is 0.347 e. The van der Waals surface area contributed by atoms with Gasteiger partial charge in [0.2, 0.25) is 24.1 Å². The maximum atomic E-state index is 13.8. The number of ether oxygens (including phenoxy) is 2. The van der Waals surface area contributed by atoms with E-state index in [-0.39, 0.29) is 29.0 Å². The molecule has 3 heterocycles. The largest absolute Gasteiger partial charge is 0.457 e. The van der Waals surface area contributed by atoms with Crippen LogP contribution in [-0.4, -0.2) is 79.6 Å². The molecule has 2 aliphatic rings. The molecule has 2 aliphatic heterocycles. The zero-order valence-electron chi connectivity index (χ0n) is 26.0. The van der Waals surface area contributed by atoms with Gasteiger partial charge in [0.25, 0.3) is 5.91 Å². The summed E-state index contributed by atoms with van der Waals surface area (Å²) in [6, 6.07) is 17.9. The molecule has 246 valence electrons. The van der Waals surface area contributed by atoms with Crippen LogP contribution >= 0.6 is 23.3 Å². The number of anilines is 1. The van der Waals surface area contributed by atoms with Crippen LogP contribution in [0.15, 0.2) is 78.5 Å². The van der Waals surface area contributed by atoms with Crippen LogP contribution in [0.5, 0.6) is 0 Å². The summed E-state index contributed by atoms with van der Waals surface area (Å²) >= 11 is 2.16. The molecule has 5 rings (SSSR count). The number of nitrogens with two attached hydrogens (primary N) is 1. The second-order valence-electron chi connectivity index (χ2n) is 11.8. The second-order valence-corrected chi connectivity index (χ2v) is 13.7. The number of amides is 2. The number of esters is 2. The lowest BCUT2D eigenvalue weighted by molar-refractivity contribution is -0.162. The monoisotopic (exact) mass is 678 g/mol. The number of nitrogens with zero attached hydrogens (tertiary/aromatic N) is 4. The number of aromatic nitrogens is 2. The van der Waals surface area contributed by atoms with Gasteiger partial charge in [0, 0.05) is 23.8 Å². The van der Waals surface area contributed by atoms with Gasteiger partial charge in [0.05, 0.1) is 0 Å². The molecule has 2 amide bonds. The highest BCUT2D eigenvalue weighted by atomic mass is 32.2. The van der Waals surface area contributed by atoms with Crippen molar-refractivity contribution in [3.63, 3.8) is 0 Å². The zero-order chi connectivity index (χ0) is 33.8. The van der Waals surface area contributed by atoms with E-state index in [9.17, 15) is 19.2 Å². The summed E-state index contributed by atoms with van der Waals surface area (Å²) in [5.41, 5.74) is 5.02. The standard InChI is InChI=1S/C32H34N6O7S2/c1-5-32(29(42)44-24(19-12-8-6-9-13-19)20-14-10-7-11-15-20)17-38-27(41)23(28(38)46-18-32)34-26(40)22(25-35-30(33)47-37-25)36-43-16-21(39)45-31(2,3)4/h5-15,23-24,28H,1,16-18H2,2-4H3,(H,34,40)(H2,33,35,37)/t23?,28-,32?/m1/s1. The predicted molar refractivity (Wildman–Crippen MR) is 176 cm³/mol. The molecule has 3 N–H and O–H groups in total. The van der Waals surface area contributed by atoms with Crippen LogP contribution in [0.3, 0.4) is 0 Å². The minimum atomic E-state index is -1.18. The van der Waals surface area contributed by atoms with Gasteiger partial charge in [-0.05, 0) is 31.9 Å². The number of fused-ring (bicyclic) bond motifs is 1. The number of benzene rings is 2. The fraction of sp³-hybridized carbons (Fsp3) is 0.344. The van der Waals surface area contributed by atoms with E-state index in [2.05, 4.69) is 26.4 Å². The minimum absolute atomic E-state index is 0.0264. The van der Waals surface area contributed by atoms with Gasteiger partial charge >= 0.3 is 11.9 Å². The Kier molecular flexibility index (Phi) is 9.96. The molecule has 3 atom stereocenters. The van der Waals surface area contributed by atoms with Crippen molar-refractivity contribution >= 4 is 57.9 Å². The summed E-state index contributed by atoms with van der Waals surface area (Å²) in [5.74, 6) is -2.29. The van der Waals surface area contributed by atoms with Crippen molar-refractivity contribution in [1.82, 2.24) is 19.6 Å². The van der Waals surface area contributed by atoms with Crippen molar-refractivity contribution in [2.45, 2.75) is 43.9 Å². The number of nitrogens with one attached hydrogen (secondary N) is 1. The molecule has 47 heavy (non-hydrogen) atoms. The maximum absolute atomic E-state index is 13.8. The van der Waals surface area contributed by atoms with E-state index in [0.29, 0.717) is 0 Å². The Bertz CT molecular complexity index is 1640. The Morgan fingerprint density at radius 2 is 1.79 bits per heavy atom. The molecule has 2 saturated heterocycles. The fourth-order valence-corrected chi connectivity index (χ4v) is 6.94. The van der Waals surface area contributed by atoms with Crippen molar-refractivity contribution in [3.05, 3.63) is 90.3 Å². The SMILES string of the molecule is C=CC1(C(=O)OC(c2ccccc2)c2ccccc2)CS[C@@H]2C(NC(=O)C(=NOCC(=O)OC(C)(C)C)c3nsc(N)n3)C(=O)N2C1. The first-order valence-electron chi connectivity index (χ1n) is 14.6. The van der Waals surface area contributed by atoms with Crippen molar-refractivity contribution in [2.75, 3.05) is 24.6 Å². The van der Waals surface area contributed by atoms with Crippen LogP contribution in [-0.2, 0) is 33.5 Å². The third-order valence-electron chi connectivity index (χ3n) is 7.25. The molecule has 0 saturated carbocycles. The van der Waals surface area contributed by atoms with E-state index >= 15 is 0 Å². The molecule has 13 nitrogen and oxygen atoms in total. The number of nitrogen functional groups attached to an aromatic ring is 1. The lowest BCUT2D eigenvalue weighted by atomic mass is 9.87. The summed E-state index contributed by atoms with van der Waals surface area (Å²) in [6.45, 7) is 8.47. The number of rotatable bonds is 11. The average molecular weight is 679 g/mol. The molecular formula is C32H34N6O7S2. The van der Waals surface area contributed by atoms with E-state index in [0.717, 1.165) is 22.7 Å². The average Bonchev–Trinajstić information content (AvgIpc) is 3.49. The van der Waals surface area contributed by atoms with E-state index in [4.69, 9.17) is 20.0 Å². The lowest BCUT2D eigenvalue weighted by Crippen LogP contribution is -2.74. The van der Waals surface area contributed by atoms with Crippen LogP contribution in [0.2, 0.25) is 0 Å². The Morgan fingerprint density at radius 1 is 1.15 bits per heavy atom. The lowest BCUT2D eigenvalue weighted by Gasteiger charge is -2.53. The first kappa shape index (κ1) is 33.6. The van der Waals surface area contributed by atoms with Crippen molar-refractivity contribution in [1.29, 1.82) is 0 Å². The number of β-lactam (4-membered cyclic amide) rings is 1. The number of carbonyl (C=O) groups is 4. The third kappa shape index (κ3) is 7.63. The highest BCUT2D eigenvalue weighted by molar-refractivity contribution is 8.00. The van der Waals surface area contributed by atoms with E-state index < -0.39 is 58.9 Å². The van der Waals surface area contributed by atoms with Crippen LogP contribution in [0.1, 0.15) is 43.8 Å². The summed E-state index contributed by atoms with van der Waals surface area (Å²) < 4.78 is 15.3. The predicted octanol–water partition coefficient (Wildman–Crippen LogP) is 3.09. The molecule has 2 fully saturated rings. The zero-order valence-corrected chi connectivity index (χ0v) is 27.6.